The summed E-state index contributed by atoms with van der Waals surface area (Å²) in [5.74, 6) is 1.45. The molecular formula is C29H39N3O3. The molecule has 1 heterocycles. The molecule has 6 nitrogen and oxygen atoms in total. The van der Waals surface area contributed by atoms with E-state index in [2.05, 4.69) is 20.8 Å². The van der Waals surface area contributed by atoms with Gasteiger partial charge in [-0.1, -0.05) is 45.7 Å². The smallest absolute Gasteiger partial charge is 0.266 e. The zero-order valence-electron chi connectivity index (χ0n) is 21.8. The molecule has 0 fully saturated rings. The van der Waals surface area contributed by atoms with Crippen LogP contribution in [0.1, 0.15) is 78.6 Å². The normalized spacial score (nSPS) is 12.9. The van der Waals surface area contributed by atoms with Crippen molar-refractivity contribution in [2.45, 2.75) is 72.8 Å². The highest BCUT2D eigenvalue weighted by atomic mass is 16.5. The van der Waals surface area contributed by atoms with Gasteiger partial charge in [-0.3, -0.25) is 14.2 Å². The number of rotatable bonds is 12. The molecule has 1 aromatic heterocycles. The zero-order valence-corrected chi connectivity index (χ0v) is 21.8. The Morgan fingerprint density at radius 2 is 1.74 bits per heavy atom. The van der Waals surface area contributed by atoms with Gasteiger partial charge in [-0.25, -0.2) is 4.98 Å². The van der Waals surface area contributed by atoms with Crippen LogP contribution in [0.2, 0.25) is 0 Å². The average molecular weight is 478 g/mol. The summed E-state index contributed by atoms with van der Waals surface area (Å²) >= 11 is 0. The summed E-state index contributed by atoms with van der Waals surface area (Å²) < 4.78 is 7.25. The van der Waals surface area contributed by atoms with E-state index in [1.165, 1.54) is 0 Å². The van der Waals surface area contributed by atoms with Crippen molar-refractivity contribution in [1.29, 1.82) is 0 Å². The van der Waals surface area contributed by atoms with E-state index >= 15 is 0 Å². The van der Waals surface area contributed by atoms with Gasteiger partial charge in [0.05, 0.1) is 29.2 Å². The Hall–Kier alpha value is -3.15. The second-order valence-corrected chi connectivity index (χ2v) is 9.01. The molecule has 2 aromatic carbocycles. The van der Waals surface area contributed by atoms with Gasteiger partial charge in [-0.05, 0) is 69.5 Å². The van der Waals surface area contributed by atoms with Crippen molar-refractivity contribution in [2.75, 3.05) is 13.2 Å². The third kappa shape index (κ3) is 5.92. The summed E-state index contributed by atoms with van der Waals surface area (Å²) in [6, 6.07) is 14.5. The Bertz CT molecular complexity index is 1170. The maximum Gasteiger partial charge on any atom is 0.266 e. The van der Waals surface area contributed by atoms with Crippen LogP contribution in [0.5, 0.6) is 5.75 Å². The van der Waals surface area contributed by atoms with E-state index in [-0.39, 0.29) is 23.4 Å². The number of ether oxygens (including phenoxy) is 1. The van der Waals surface area contributed by atoms with Gasteiger partial charge in [-0.2, -0.15) is 0 Å². The maximum atomic E-state index is 13.7. The number of nitrogens with zero attached hydrogens (tertiary/aromatic N) is 3. The summed E-state index contributed by atoms with van der Waals surface area (Å²) in [5.41, 5.74) is 1.22. The Morgan fingerprint density at radius 1 is 1.03 bits per heavy atom. The monoisotopic (exact) mass is 477 g/mol. The van der Waals surface area contributed by atoms with Crippen LogP contribution in [-0.4, -0.2) is 33.5 Å². The lowest BCUT2D eigenvalue weighted by atomic mass is 9.96. The number of unbranched alkanes of at least 4 members (excludes halogenated alkanes) is 1. The molecule has 0 aliphatic heterocycles. The lowest BCUT2D eigenvalue weighted by Crippen LogP contribution is -2.41. The molecule has 0 saturated carbocycles. The van der Waals surface area contributed by atoms with Crippen LogP contribution in [-0.2, 0) is 4.79 Å². The van der Waals surface area contributed by atoms with Gasteiger partial charge in [0.25, 0.3) is 5.56 Å². The van der Waals surface area contributed by atoms with E-state index in [1.807, 2.05) is 61.2 Å². The first kappa shape index (κ1) is 26.5. The molecule has 35 heavy (non-hydrogen) atoms. The Morgan fingerprint density at radius 3 is 2.37 bits per heavy atom. The van der Waals surface area contributed by atoms with Crippen LogP contribution in [0, 0.1) is 5.92 Å². The minimum Gasteiger partial charge on any atom is -0.494 e. The summed E-state index contributed by atoms with van der Waals surface area (Å²) in [7, 11) is 0. The number of fused-ring (bicyclic) bond motifs is 1. The first-order chi connectivity index (χ1) is 17.0. The quantitative estimate of drug-likeness (QED) is 0.307. The molecule has 0 aliphatic carbocycles. The Balaban J connectivity index is 2.15. The first-order valence-electron chi connectivity index (χ1n) is 13.0. The first-order valence-corrected chi connectivity index (χ1v) is 13.0. The van der Waals surface area contributed by atoms with E-state index in [1.54, 1.807) is 10.6 Å². The molecule has 188 valence electrons. The van der Waals surface area contributed by atoms with Gasteiger partial charge < -0.3 is 9.64 Å². The van der Waals surface area contributed by atoms with Gasteiger partial charge in [-0.15, -0.1) is 0 Å². The molecule has 0 bridgehead atoms. The predicted molar refractivity (Wildman–Crippen MR) is 142 cm³/mol. The Kier molecular flexibility index (Phi) is 9.47. The number of para-hydroxylation sites is 1. The van der Waals surface area contributed by atoms with Crippen LogP contribution in [0.25, 0.3) is 16.6 Å². The van der Waals surface area contributed by atoms with Crippen molar-refractivity contribution in [3.05, 3.63) is 64.7 Å². The summed E-state index contributed by atoms with van der Waals surface area (Å²) in [6.45, 7) is 11.4. The molecule has 3 aromatic rings. The van der Waals surface area contributed by atoms with E-state index < -0.39 is 0 Å². The molecule has 0 N–H and O–H groups in total. The standard InChI is InChI=1S/C29H39N3O3/c1-6-10-13-22(8-3)28(33)31(20-7-2)21(5)27-30-26-15-12-11-14-25(26)29(34)32(27)23-16-18-24(19-17-23)35-9-4/h11-12,14-19,21-22H,6-10,13,20H2,1-5H3. The van der Waals surface area contributed by atoms with Crippen molar-refractivity contribution in [1.82, 2.24) is 14.5 Å². The highest BCUT2D eigenvalue weighted by Gasteiger charge is 2.30. The van der Waals surface area contributed by atoms with Crippen LogP contribution < -0.4 is 10.3 Å². The van der Waals surface area contributed by atoms with Crippen LogP contribution in [0.4, 0.5) is 0 Å². The molecule has 0 saturated heterocycles. The Labute approximate surface area is 208 Å². The minimum atomic E-state index is -0.359. The number of hydrogen-bond donors (Lipinski definition) is 0. The van der Waals surface area contributed by atoms with Crippen LogP contribution in [0.3, 0.4) is 0 Å². The van der Waals surface area contributed by atoms with Gasteiger partial charge in [0.2, 0.25) is 5.91 Å². The van der Waals surface area contributed by atoms with Crippen molar-refractivity contribution < 1.29 is 9.53 Å². The lowest BCUT2D eigenvalue weighted by molar-refractivity contribution is -0.138. The van der Waals surface area contributed by atoms with E-state index in [4.69, 9.17) is 9.72 Å². The topological polar surface area (TPSA) is 64.4 Å². The van der Waals surface area contributed by atoms with E-state index in [0.29, 0.717) is 35.6 Å². The largest absolute Gasteiger partial charge is 0.494 e. The van der Waals surface area contributed by atoms with E-state index in [9.17, 15) is 9.59 Å². The fourth-order valence-electron chi connectivity index (χ4n) is 4.60. The second-order valence-electron chi connectivity index (χ2n) is 9.01. The van der Waals surface area contributed by atoms with Gasteiger partial charge in [0.15, 0.2) is 0 Å². The molecule has 2 unspecified atom stereocenters. The van der Waals surface area contributed by atoms with Crippen molar-refractivity contribution in [3.63, 3.8) is 0 Å². The highest BCUT2D eigenvalue weighted by Crippen LogP contribution is 2.27. The number of hydrogen-bond acceptors (Lipinski definition) is 4. The molecule has 0 spiro atoms. The molecule has 0 aliphatic rings. The van der Waals surface area contributed by atoms with Gasteiger partial charge >= 0.3 is 0 Å². The maximum absolute atomic E-state index is 13.7. The number of benzene rings is 2. The van der Waals surface area contributed by atoms with Crippen molar-refractivity contribution >= 4 is 16.8 Å². The minimum absolute atomic E-state index is 0.0185. The lowest BCUT2D eigenvalue weighted by Gasteiger charge is -2.33. The molecule has 2 atom stereocenters. The molecular weight excluding hydrogens is 438 g/mol. The molecule has 3 rings (SSSR count). The van der Waals surface area contributed by atoms with Gasteiger partial charge in [0, 0.05) is 12.5 Å². The second kappa shape index (κ2) is 12.5. The SMILES string of the molecule is CCCCC(CC)C(=O)N(CCC)C(C)c1nc2ccccc2c(=O)n1-c1ccc(OCC)cc1. The van der Waals surface area contributed by atoms with Gasteiger partial charge in [0.1, 0.15) is 11.6 Å². The zero-order chi connectivity index (χ0) is 25.4. The number of amides is 1. The fraction of sp³-hybridized carbons (Fsp3) is 0.483. The van der Waals surface area contributed by atoms with Crippen molar-refractivity contribution in [2.24, 2.45) is 5.92 Å². The fourth-order valence-corrected chi connectivity index (χ4v) is 4.60. The number of carbonyl (C=O) groups excluding carboxylic acids is 1. The molecule has 1 amide bonds. The molecule has 0 radical (unpaired) electrons. The van der Waals surface area contributed by atoms with Crippen LogP contribution in [0.15, 0.2) is 53.3 Å². The molecule has 6 heteroatoms. The average Bonchev–Trinajstić information content (AvgIpc) is 2.88. The number of aromatic nitrogens is 2. The highest BCUT2D eigenvalue weighted by molar-refractivity contribution is 5.80. The third-order valence-electron chi connectivity index (χ3n) is 6.54. The van der Waals surface area contributed by atoms with Crippen molar-refractivity contribution in [3.8, 4) is 11.4 Å². The third-order valence-corrected chi connectivity index (χ3v) is 6.54. The summed E-state index contributed by atoms with van der Waals surface area (Å²) in [4.78, 5) is 34.3. The summed E-state index contributed by atoms with van der Waals surface area (Å²) in [5, 5.41) is 0.556. The predicted octanol–water partition coefficient (Wildman–Crippen LogP) is 6.30. The summed E-state index contributed by atoms with van der Waals surface area (Å²) in [6.07, 6.45) is 4.62. The van der Waals surface area contributed by atoms with E-state index in [0.717, 1.165) is 37.9 Å². The number of carbonyl (C=O) groups is 1. The van der Waals surface area contributed by atoms with Crippen LogP contribution >= 0.6 is 0 Å².